The minimum absolute atomic E-state index is 0.188. The van der Waals surface area contributed by atoms with Crippen LogP contribution in [0, 0.1) is 6.92 Å². The van der Waals surface area contributed by atoms with Crippen molar-refractivity contribution in [2.75, 3.05) is 26.2 Å². The van der Waals surface area contributed by atoms with Crippen molar-refractivity contribution in [3.05, 3.63) is 65.2 Å². The molecule has 1 aliphatic heterocycles. The molecule has 4 heteroatoms. The topological polar surface area (TPSA) is 41.6 Å². The minimum atomic E-state index is 0.188. The maximum atomic E-state index is 12.4. The van der Waals surface area contributed by atoms with Gasteiger partial charge in [0.05, 0.1) is 6.42 Å². The van der Waals surface area contributed by atoms with Crippen LogP contribution >= 0.6 is 0 Å². The summed E-state index contributed by atoms with van der Waals surface area (Å²) in [5.74, 6) is 0.997. The maximum Gasteiger partial charge on any atom is 0.227 e. The Morgan fingerprint density at radius 3 is 2.71 bits per heavy atom. The first-order valence-electron chi connectivity index (χ1n) is 8.47. The van der Waals surface area contributed by atoms with Crippen LogP contribution in [0.15, 0.2) is 48.5 Å². The lowest BCUT2D eigenvalue weighted by Gasteiger charge is -2.27. The quantitative estimate of drug-likeness (QED) is 0.919. The number of carbonyl (C=O) groups excluding carboxylic acids is 1. The molecule has 1 saturated heterocycles. The Kier molecular flexibility index (Phi) is 5.49. The number of hydrogen-bond acceptors (Lipinski definition) is 3. The van der Waals surface area contributed by atoms with Crippen LogP contribution in [0.5, 0.6) is 5.75 Å². The SMILES string of the molecule is Cc1ccccc1COc1cccc(CC(=O)N2CCNCC2)c1. The zero-order valence-electron chi connectivity index (χ0n) is 14.1. The van der Waals surface area contributed by atoms with E-state index in [-0.39, 0.29) is 5.91 Å². The normalized spacial score (nSPS) is 14.5. The Balaban J connectivity index is 1.59. The third kappa shape index (κ3) is 4.36. The fourth-order valence-electron chi connectivity index (χ4n) is 2.88. The molecule has 1 heterocycles. The Morgan fingerprint density at radius 1 is 1.12 bits per heavy atom. The third-order valence-corrected chi connectivity index (χ3v) is 4.38. The number of carbonyl (C=O) groups is 1. The summed E-state index contributed by atoms with van der Waals surface area (Å²) in [6, 6.07) is 16.1. The molecule has 4 nitrogen and oxygen atoms in total. The van der Waals surface area contributed by atoms with Crippen molar-refractivity contribution < 1.29 is 9.53 Å². The standard InChI is InChI=1S/C20H24N2O2/c1-16-5-2-3-7-18(16)15-24-19-8-4-6-17(13-19)14-20(23)22-11-9-21-10-12-22/h2-8,13,21H,9-12,14-15H2,1H3. The Morgan fingerprint density at radius 2 is 1.92 bits per heavy atom. The maximum absolute atomic E-state index is 12.4. The van der Waals surface area contributed by atoms with Gasteiger partial charge in [-0.05, 0) is 35.7 Å². The lowest BCUT2D eigenvalue weighted by Crippen LogP contribution is -2.46. The van der Waals surface area contributed by atoms with E-state index in [1.165, 1.54) is 11.1 Å². The number of amides is 1. The van der Waals surface area contributed by atoms with Gasteiger partial charge in [-0.25, -0.2) is 0 Å². The summed E-state index contributed by atoms with van der Waals surface area (Å²) in [7, 11) is 0. The summed E-state index contributed by atoms with van der Waals surface area (Å²) < 4.78 is 5.91. The van der Waals surface area contributed by atoms with Gasteiger partial charge in [-0.2, -0.15) is 0 Å². The van der Waals surface area contributed by atoms with Gasteiger partial charge in [-0.3, -0.25) is 4.79 Å². The van der Waals surface area contributed by atoms with Crippen LogP contribution in [0.3, 0.4) is 0 Å². The first-order valence-corrected chi connectivity index (χ1v) is 8.47. The Bertz CT molecular complexity index is 694. The van der Waals surface area contributed by atoms with Crippen molar-refractivity contribution in [1.29, 1.82) is 0 Å². The molecule has 2 aromatic carbocycles. The highest BCUT2D eigenvalue weighted by Crippen LogP contribution is 2.17. The zero-order valence-corrected chi connectivity index (χ0v) is 14.1. The number of nitrogens with one attached hydrogen (secondary N) is 1. The Labute approximate surface area is 143 Å². The molecule has 0 radical (unpaired) electrons. The third-order valence-electron chi connectivity index (χ3n) is 4.38. The van der Waals surface area contributed by atoms with E-state index in [1.807, 2.05) is 41.3 Å². The van der Waals surface area contributed by atoms with Gasteiger partial charge in [-0.15, -0.1) is 0 Å². The highest BCUT2D eigenvalue weighted by atomic mass is 16.5. The predicted molar refractivity (Wildman–Crippen MR) is 95.1 cm³/mol. The van der Waals surface area contributed by atoms with E-state index in [2.05, 4.69) is 24.4 Å². The number of rotatable bonds is 5. The molecular formula is C20H24N2O2. The predicted octanol–water partition coefficient (Wildman–Crippen LogP) is 2.55. The van der Waals surface area contributed by atoms with Gasteiger partial charge in [0.25, 0.3) is 0 Å². The van der Waals surface area contributed by atoms with E-state index >= 15 is 0 Å². The molecule has 0 aliphatic carbocycles. The molecule has 1 fully saturated rings. The average Bonchev–Trinajstić information content (AvgIpc) is 2.62. The van der Waals surface area contributed by atoms with E-state index in [4.69, 9.17) is 4.74 Å². The van der Waals surface area contributed by atoms with Crippen LogP contribution in [0.4, 0.5) is 0 Å². The number of ether oxygens (including phenoxy) is 1. The summed E-state index contributed by atoms with van der Waals surface area (Å²) in [5, 5.41) is 3.27. The highest BCUT2D eigenvalue weighted by Gasteiger charge is 2.16. The summed E-state index contributed by atoms with van der Waals surface area (Å²) in [4.78, 5) is 14.3. The van der Waals surface area contributed by atoms with Gasteiger partial charge < -0.3 is 15.0 Å². The van der Waals surface area contributed by atoms with E-state index in [1.54, 1.807) is 0 Å². The second-order valence-electron chi connectivity index (χ2n) is 6.17. The monoisotopic (exact) mass is 324 g/mol. The van der Waals surface area contributed by atoms with Crippen LogP contribution in [0.2, 0.25) is 0 Å². The molecule has 24 heavy (non-hydrogen) atoms. The average molecular weight is 324 g/mol. The van der Waals surface area contributed by atoms with E-state index in [0.29, 0.717) is 13.0 Å². The molecule has 126 valence electrons. The molecule has 3 rings (SSSR count). The van der Waals surface area contributed by atoms with Crippen molar-refractivity contribution in [3.8, 4) is 5.75 Å². The van der Waals surface area contributed by atoms with Crippen molar-refractivity contribution in [3.63, 3.8) is 0 Å². The van der Waals surface area contributed by atoms with Crippen LogP contribution in [-0.2, 0) is 17.8 Å². The van der Waals surface area contributed by atoms with Crippen molar-refractivity contribution >= 4 is 5.91 Å². The summed E-state index contributed by atoms with van der Waals surface area (Å²) in [6.45, 7) is 5.98. The van der Waals surface area contributed by atoms with Gasteiger partial charge in [0.1, 0.15) is 12.4 Å². The molecule has 0 bridgehead atoms. The molecule has 2 aromatic rings. The lowest BCUT2D eigenvalue weighted by atomic mass is 10.1. The van der Waals surface area contributed by atoms with Crippen LogP contribution in [-0.4, -0.2) is 37.0 Å². The van der Waals surface area contributed by atoms with E-state index in [0.717, 1.165) is 37.5 Å². The van der Waals surface area contributed by atoms with Crippen LogP contribution < -0.4 is 10.1 Å². The second-order valence-corrected chi connectivity index (χ2v) is 6.17. The van der Waals surface area contributed by atoms with Crippen molar-refractivity contribution in [2.24, 2.45) is 0 Å². The number of hydrogen-bond donors (Lipinski definition) is 1. The first kappa shape index (κ1) is 16.5. The largest absolute Gasteiger partial charge is 0.489 e. The minimum Gasteiger partial charge on any atom is -0.489 e. The molecular weight excluding hydrogens is 300 g/mol. The number of benzene rings is 2. The summed E-state index contributed by atoms with van der Waals surface area (Å²) in [5.41, 5.74) is 3.41. The molecule has 1 aliphatic rings. The van der Waals surface area contributed by atoms with E-state index in [9.17, 15) is 4.79 Å². The number of nitrogens with zero attached hydrogens (tertiary/aromatic N) is 1. The summed E-state index contributed by atoms with van der Waals surface area (Å²) >= 11 is 0. The summed E-state index contributed by atoms with van der Waals surface area (Å²) in [6.07, 6.45) is 0.432. The highest BCUT2D eigenvalue weighted by molar-refractivity contribution is 5.79. The van der Waals surface area contributed by atoms with Crippen LogP contribution in [0.1, 0.15) is 16.7 Å². The number of piperazine rings is 1. The van der Waals surface area contributed by atoms with Gasteiger partial charge >= 0.3 is 0 Å². The Hall–Kier alpha value is -2.33. The van der Waals surface area contributed by atoms with Gasteiger partial charge in [0, 0.05) is 26.2 Å². The van der Waals surface area contributed by atoms with Gasteiger partial charge in [0.2, 0.25) is 5.91 Å². The fraction of sp³-hybridized carbons (Fsp3) is 0.350. The molecule has 0 saturated carbocycles. The molecule has 1 amide bonds. The van der Waals surface area contributed by atoms with E-state index < -0.39 is 0 Å². The zero-order chi connectivity index (χ0) is 16.8. The van der Waals surface area contributed by atoms with Crippen LogP contribution in [0.25, 0.3) is 0 Å². The number of aryl methyl sites for hydroxylation is 1. The lowest BCUT2D eigenvalue weighted by molar-refractivity contribution is -0.131. The first-order chi connectivity index (χ1) is 11.7. The second kappa shape index (κ2) is 7.97. The molecule has 0 spiro atoms. The fourth-order valence-corrected chi connectivity index (χ4v) is 2.88. The molecule has 0 unspecified atom stereocenters. The van der Waals surface area contributed by atoms with Crippen molar-refractivity contribution in [2.45, 2.75) is 20.0 Å². The smallest absolute Gasteiger partial charge is 0.227 e. The van der Waals surface area contributed by atoms with Gasteiger partial charge in [0.15, 0.2) is 0 Å². The van der Waals surface area contributed by atoms with Crippen molar-refractivity contribution in [1.82, 2.24) is 10.2 Å². The van der Waals surface area contributed by atoms with Gasteiger partial charge in [-0.1, -0.05) is 36.4 Å². The molecule has 0 aromatic heterocycles. The molecule has 0 atom stereocenters. The molecule has 1 N–H and O–H groups in total.